The SMILES string of the molecule is C1=Cc2ccccc2C1.C1=Nc2ccccc2C1.C1=Nc2ncncc2C1.c1cc2sccc2s1.c1ccc2nc3ccccc3cc2c1.c1ccc2nccnc2c1.c1ccc2ocnc2c1.c1ccc2sccc2c1.c1cnccn1.c1cncnc1. The summed E-state index contributed by atoms with van der Waals surface area (Å²) in [6, 6.07) is 67.4. The van der Waals surface area contributed by atoms with Gasteiger partial charge in [0.25, 0.3) is 0 Å². The number of aliphatic imine (C=N–C) groups is 2. The van der Waals surface area contributed by atoms with Crippen molar-refractivity contribution in [3.05, 3.63) is 319 Å². The van der Waals surface area contributed by atoms with E-state index < -0.39 is 0 Å². The van der Waals surface area contributed by atoms with Crippen LogP contribution in [0.15, 0.2) is 312 Å². The second-order valence-electron chi connectivity index (χ2n) is 18.9. The minimum Gasteiger partial charge on any atom is -0.443 e. The number of hydrogen-bond acceptors (Lipinski definition) is 16. The van der Waals surface area contributed by atoms with Gasteiger partial charge in [-0.05, 0) is 124 Å². The van der Waals surface area contributed by atoms with Gasteiger partial charge in [0.15, 0.2) is 17.8 Å². The Kier molecular flexibility index (Phi) is 23.5. The van der Waals surface area contributed by atoms with Gasteiger partial charge < -0.3 is 4.42 Å². The van der Waals surface area contributed by atoms with Gasteiger partial charge in [0.1, 0.15) is 18.2 Å². The molecule has 89 heavy (non-hydrogen) atoms. The number of hydrogen-bond donors (Lipinski definition) is 0. The third-order valence-corrected chi connectivity index (χ3v) is 15.7. The summed E-state index contributed by atoms with van der Waals surface area (Å²) in [6.07, 6.45) is 30.8. The van der Waals surface area contributed by atoms with Crippen LogP contribution in [0.2, 0.25) is 0 Å². The van der Waals surface area contributed by atoms with Crippen LogP contribution in [0.3, 0.4) is 0 Å². The lowest BCUT2D eigenvalue weighted by atomic mass is 10.1. The molecule has 0 unspecified atom stereocenters. The van der Waals surface area contributed by atoms with Gasteiger partial charge >= 0.3 is 0 Å². The van der Waals surface area contributed by atoms with E-state index in [1.165, 1.54) is 66.0 Å². The molecular weight excluding hydrogens is 1160 g/mol. The topological polar surface area (TPSA) is 167 Å². The highest BCUT2D eigenvalue weighted by atomic mass is 32.1. The van der Waals surface area contributed by atoms with E-state index in [0.717, 1.165) is 69.5 Å². The molecule has 11 heterocycles. The lowest BCUT2D eigenvalue weighted by Gasteiger charge is -1.99. The zero-order chi connectivity index (χ0) is 60.6. The van der Waals surface area contributed by atoms with E-state index >= 15 is 0 Å². The maximum atomic E-state index is 5.01. The van der Waals surface area contributed by atoms with Gasteiger partial charge in [-0.2, -0.15) is 0 Å². The second kappa shape index (κ2) is 34.2. The third-order valence-electron chi connectivity index (χ3n) is 12.9. The molecule has 0 N–H and O–H groups in total. The fourth-order valence-corrected chi connectivity index (χ4v) is 11.2. The van der Waals surface area contributed by atoms with Crippen molar-refractivity contribution in [1.29, 1.82) is 0 Å². The van der Waals surface area contributed by atoms with Crippen molar-refractivity contribution in [2.45, 2.75) is 19.3 Å². The number of nitrogens with zero attached hydrogens (tertiary/aromatic N) is 12. The molecule has 434 valence electrons. The number of rotatable bonds is 0. The van der Waals surface area contributed by atoms with Gasteiger partial charge in [0.2, 0.25) is 0 Å². The van der Waals surface area contributed by atoms with Crippen LogP contribution >= 0.6 is 34.0 Å². The zero-order valence-corrected chi connectivity index (χ0v) is 50.6. The summed E-state index contributed by atoms with van der Waals surface area (Å²) in [4.78, 5) is 47.6. The minimum atomic E-state index is 0.824. The van der Waals surface area contributed by atoms with Crippen LogP contribution in [0, 0.1) is 0 Å². The molecule has 7 aromatic carbocycles. The van der Waals surface area contributed by atoms with Crippen molar-refractivity contribution < 1.29 is 4.42 Å². The Balaban J connectivity index is 0.000000110. The van der Waals surface area contributed by atoms with Crippen molar-refractivity contribution in [3.63, 3.8) is 0 Å². The quantitative estimate of drug-likeness (QED) is 0.133. The van der Waals surface area contributed by atoms with Gasteiger partial charge in [0.05, 0.1) is 27.8 Å². The molecule has 0 saturated heterocycles. The van der Waals surface area contributed by atoms with Crippen LogP contribution in [0.5, 0.6) is 0 Å². The van der Waals surface area contributed by atoms with E-state index in [9.17, 15) is 0 Å². The molecule has 16 heteroatoms. The van der Waals surface area contributed by atoms with Gasteiger partial charge in [-0.25, -0.2) is 34.9 Å². The maximum absolute atomic E-state index is 5.01. The summed E-state index contributed by atoms with van der Waals surface area (Å²) < 4.78 is 9.20. The second-order valence-corrected chi connectivity index (χ2v) is 21.7. The minimum absolute atomic E-state index is 0.824. The number of benzene rings is 7. The Morgan fingerprint density at radius 3 is 1.54 bits per heavy atom. The highest BCUT2D eigenvalue weighted by molar-refractivity contribution is 7.25. The van der Waals surface area contributed by atoms with Crippen molar-refractivity contribution in [1.82, 2.24) is 49.8 Å². The van der Waals surface area contributed by atoms with E-state index in [2.05, 4.69) is 179 Å². The molecule has 0 bridgehead atoms. The summed E-state index contributed by atoms with van der Waals surface area (Å²) in [5.74, 6) is 0.824. The fraction of sp³-hybridized carbons (Fsp3) is 0.0411. The number of allylic oxidation sites excluding steroid dienone is 1. The van der Waals surface area contributed by atoms with E-state index in [-0.39, 0.29) is 0 Å². The molecule has 3 aliphatic rings. The van der Waals surface area contributed by atoms with Crippen LogP contribution in [0.4, 0.5) is 11.5 Å². The van der Waals surface area contributed by atoms with E-state index in [1.807, 2.05) is 116 Å². The molecule has 0 amide bonds. The van der Waals surface area contributed by atoms with Gasteiger partial charge in [0, 0.05) is 111 Å². The molecule has 9 aromatic heterocycles. The monoisotopic (exact) mass is 1210 g/mol. The Hall–Kier alpha value is -11.0. The lowest BCUT2D eigenvalue weighted by molar-refractivity contribution is 0.602. The summed E-state index contributed by atoms with van der Waals surface area (Å²) in [6.45, 7) is 0. The molecule has 0 atom stereocenters. The number of para-hydroxylation sites is 7. The highest BCUT2D eigenvalue weighted by Crippen LogP contribution is 2.26. The molecule has 0 saturated carbocycles. The van der Waals surface area contributed by atoms with Crippen LogP contribution in [0.1, 0.15) is 22.3 Å². The summed E-state index contributed by atoms with van der Waals surface area (Å²) in [5.41, 5.74) is 12.2. The average Bonchev–Trinajstić information content (AvgIpc) is 4.46. The summed E-state index contributed by atoms with van der Waals surface area (Å²) >= 11 is 5.40. The predicted octanol–water partition coefficient (Wildman–Crippen LogP) is 18.6. The normalized spacial score (nSPS) is 11.1. The molecule has 1 aliphatic carbocycles. The standard InChI is InChI=1S/C13H9N.C9H8.C8H6N2.C8H7N.C8H6S.C7H5NO.C6H5N3.C6H4S2.2C4H4N2/c1-3-7-12-10(5-1)9-11-6-2-4-8-13(11)14-12;1-2-5-9-7-3-6-8(9)4-1;1-2-4-8-7(3-1)9-5-6-10-8;2*1-2-4-8-7(3-1)5-6-9-8;1-2-4-7-6(3-1)8-5-9-7;1-2-8-6-5(1)3-7-4-9-6;1-3-7-6-2-4-8-5(1)6;1-2-6-4-3-5-1;1-2-5-4-6-3-1/h1-9H;1-6H,7H2;1-6H;1-4,6H,5H2;1-6H;1-5H;2-4H,1H2;1-4H;2*1-4H. The van der Waals surface area contributed by atoms with Gasteiger partial charge in [-0.3, -0.25) is 24.9 Å². The number of oxazole rings is 1. The van der Waals surface area contributed by atoms with Crippen LogP contribution in [-0.2, 0) is 19.3 Å². The molecule has 16 aromatic rings. The van der Waals surface area contributed by atoms with Crippen molar-refractivity contribution in [3.8, 4) is 0 Å². The Bertz CT molecular complexity index is 4210. The van der Waals surface area contributed by atoms with Gasteiger partial charge in [-0.1, -0.05) is 133 Å². The molecule has 0 radical (unpaired) electrons. The Labute approximate surface area is 527 Å². The fourth-order valence-electron chi connectivity index (χ4n) is 8.63. The smallest absolute Gasteiger partial charge is 0.181 e. The first-order valence-corrected chi connectivity index (χ1v) is 30.9. The average molecular weight is 1220 g/mol. The first kappa shape index (κ1) is 61.1. The van der Waals surface area contributed by atoms with Gasteiger partial charge in [-0.15, -0.1) is 34.0 Å². The Morgan fingerprint density at radius 2 is 0.921 bits per heavy atom. The molecule has 0 fully saturated rings. The predicted molar refractivity (Wildman–Crippen MR) is 370 cm³/mol. The van der Waals surface area contributed by atoms with E-state index in [1.54, 1.807) is 95.8 Å². The van der Waals surface area contributed by atoms with Crippen LogP contribution in [0.25, 0.3) is 69.5 Å². The van der Waals surface area contributed by atoms with Crippen LogP contribution in [-0.4, -0.2) is 62.3 Å². The number of aromatic nitrogens is 10. The first-order valence-electron chi connectivity index (χ1n) is 28.3. The van der Waals surface area contributed by atoms with E-state index in [4.69, 9.17) is 4.42 Å². The highest BCUT2D eigenvalue weighted by Gasteiger charge is 2.05. The van der Waals surface area contributed by atoms with Crippen molar-refractivity contribution in [2.75, 3.05) is 0 Å². The first-order chi connectivity index (χ1) is 44.2. The molecule has 0 spiro atoms. The lowest BCUT2D eigenvalue weighted by Crippen LogP contribution is -1.82. The summed E-state index contributed by atoms with van der Waals surface area (Å²) in [5, 5.41) is 10.1. The number of thiophene rings is 3. The largest absolute Gasteiger partial charge is 0.443 e. The zero-order valence-electron chi connectivity index (χ0n) is 48.1. The molecule has 19 rings (SSSR count). The van der Waals surface area contributed by atoms with Crippen molar-refractivity contribution >= 4 is 127 Å². The maximum Gasteiger partial charge on any atom is 0.181 e. The molecular formula is C73H58N12OS3. The summed E-state index contributed by atoms with van der Waals surface area (Å²) in [7, 11) is 0. The molecule has 2 aliphatic heterocycles. The van der Waals surface area contributed by atoms with E-state index in [0.29, 0.717) is 0 Å². The Morgan fingerprint density at radius 1 is 0.360 bits per heavy atom. The molecule has 13 nitrogen and oxygen atoms in total. The third kappa shape index (κ3) is 19.2. The van der Waals surface area contributed by atoms with Crippen LogP contribution < -0.4 is 0 Å². The number of fused-ring (bicyclic) bond motifs is 9. The van der Waals surface area contributed by atoms with Crippen molar-refractivity contribution in [2.24, 2.45) is 9.98 Å². The number of pyridine rings is 1.